The Morgan fingerprint density at radius 3 is 2.71 bits per heavy atom. The zero-order valence-corrected chi connectivity index (χ0v) is 10.8. The summed E-state index contributed by atoms with van der Waals surface area (Å²) in [7, 11) is 0. The maximum atomic E-state index is 10.4. The van der Waals surface area contributed by atoms with Crippen LogP contribution in [0.5, 0.6) is 0 Å². The van der Waals surface area contributed by atoms with Crippen LogP contribution >= 0.6 is 24.2 Å². The summed E-state index contributed by atoms with van der Waals surface area (Å²) in [6, 6.07) is 6.20. The second-order valence-electron chi connectivity index (χ2n) is 3.11. The lowest BCUT2D eigenvalue weighted by Crippen LogP contribution is -2.17. The third kappa shape index (κ3) is 5.12. The molecule has 0 aromatic heterocycles. The number of nitrogens with zero attached hydrogens (tertiary/aromatic N) is 1. The second-order valence-corrected chi connectivity index (χ2v) is 4.26. The number of nitro groups is 1. The molecule has 0 radical (unpaired) electrons. The number of non-ortho nitro benzene ring substituents is 1. The first kappa shape index (κ1) is 13.9. The maximum absolute atomic E-state index is 10.4. The van der Waals surface area contributed by atoms with Crippen molar-refractivity contribution in [1.29, 1.82) is 0 Å². The van der Waals surface area contributed by atoms with Crippen LogP contribution in [0.3, 0.4) is 0 Å². The SMILES string of the molecule is CSNCC(=S)OCc1ccc([N+](=O)[O-])cc1. The van der Waals surface area contributed by atoms with Crippen molar-refractivity contribution in [1.82, 2.24) is 4.72 Å². The smallest absolute Gasteiger partial charge is 0.269 e. The van der Waals surface area contributed by atoms with E-state index in [1.54, 1.807) is 12.1 Å². The molecule has 7 heteroatoms. The molecule has 1 N–H and O–H groups in total. The molecule has 0 fully saturated rings. The maximum Gasteiger partial charge on any atom is 0.269 e. The predicted octanol–water partition coefficient (Wildman–Crippen LogP) is 2.31. The largest absolute Gasteiger partial charge is 0.481 e. The Morgan fingerprint density at radius 1 is 1.53 bits per heavy atom. The van der Waals surface area contributed by atoms with E-state index in [4.69, 9.17) is 17.0 Å². The van der Waals surface area contributed by atoms with Gasteiger partial charge >= 0.3 is 0 Å². The van der Waals surface area contributed by atoms with Crippen LogP contribution in [-0.4, -0.2) is 22.8 Å². The molecule has 17 heavy (non-hydrogen) atoms. The summed E-state index contributed by atoms with van der Waals surface area (Å²) in [6.07, 6.45) is 1.90. The predicted molar refractivity (Wildman–Crippen MR) is 72.0 cm³/mol. The average molecular weight is 272 g/mol. The van der Waals surface area contributed by atoms with Crippen LogP contribution in [0.25, 0.3) is 0 Å². The lowest BCUT2D eigenvalue weighted by Gasteiger charge is -2.07. The topological polar surface area (TPSA) is 64.4 Å². The Labute approximate surface area is 109 Å². The van der Waals surface area contributed by atoms with Crippen molar-refractivity contribution in [3.63, 3.8) is 0 Å². The fourth-order valence-electron chi connectivity index (χ4n) is 1.06. The van der Waals surface area contributed by atoms with Crippen LogP contribution in [0.4, 0.5) is 5.69 Å². The summed E-state index contributed by atoms with van der Waals surface area (Å²) < 4.78 is 8.29. The fraction of sp³-hybridized carbons (Fsp3) is 0.300. The Kier molecular flexibility index (Phi) is 5.88. The quantitative estimate of drug-likeness (QED) is 0.371. The third-order valence-corrected chi connectivity index (χ3v) is 2.60. The molecule has 0 saturated carbocycles. The van der Waals surface area contributed by atoms with Gasteiger partial charge in [-0.05, 0) is 36.2 Å². The van der Waals surface area contributed by atoms with E-state index in [1.165, 1.54) is 24.1 Å². The van der Waals surface area contributed by atoms with E-state index in [2.05, 4.69) is 4.72 Å². The van der Waals surface area contributed by atoms with E-state index in [-0.39, 0.29) is 5.69 Å². The van der Waals surface area contributed by atoms with Gasteiger partial charge in [-0.3, -0.25) is 14.8 Å². The Balaban J connectivity index is 2.42. The normalized spacial score (nSPS) is 9.94. The first-order valence-electron chi connectivity index (χ1n) is 4.78. The van der Waals surface area contributed by atoms with Crippen LogP contribution in [0.15, 0.2) is 24.3 Å². The van der Waals surface area contributed by atoms with Crippen LogP contribution in [-0.2, 0) is 11.3 Å². The number of rotatable bonds is 6. The highest BCUT2D eigenvalue weighted by Gasteiger charge is 2.04. The van der Waals surface area contributed by atoms with Crippen molar-refractivity contribution < 1.29 is 9.66 Å². The summed E-state index contributed by atoms with van der Waals surface area (Å²) in [6.45, 7) is 0.830. The van der Waals surface area contributed by atoms with Gasteiger partial charge in [0.1, 0.15) is 6.61 Å². The molecule has 92 valence electrons. The van der Waals surface area contributed by atoms with Gasteiger partial charge in [-0.2, -0.15) is 0 Å². The summed E-state index contributed by atoms with van der Waals surface area (Å²) in [5.41, 5.74) is 0.919. The molecule has 0 aliphatic heterocycles. The highest BCUT2D eigenvalue weighted by atomic mass is 32.2. The number of ether oxygens (including phenoxy) is 1. The number of thiocarbonyl (C=S) groups is 1. The number of nitrogens with one attached hydrogen (secondary N) is 1. The third-order valence-electron chi connectivity index (χ3n) is 1.91. The number of nitro benzene ring substituents is 1. The molecule has 0 saturated heterocycles. The molecule has 1 aromatic carbocycles. The summed E-state index contributed by atoms with van der Waals surface area (Å²) in [5.74, 6) is 0. The van der Waals surface area contributed by atoms with E-state index in [0.29, 0.717) is 18.2 Å². The van der Waals surface area contributed by atoms with Crippen molar-refractivity contribution in [2.24, 2.45) is 0 Å². The molecule has 0 unspecified atom stereocenters. The summed E-state index contributed by atoms with van der Waals surface area (Å²) in [5, 5.41) is 10.9. The van der Waals surface area contributed by atoms with Crippen LogP contribution in [0.2, 0.25) is 0 Å². The van der Waals surface area contributed by atoms with Gasteiger partial charge < -0.3 is 4.74 Å². The van der Waals surface area contributed by atoms with Gasteiger partial charge in [-0.1, -0.05) is 11.9 Å². The monoisotopic (exact) mass is 272 g/mol. The number of benzene rings is 1. The number of hydrogen-bond acceptors (Lipinski definition) is 6. The summed E-state index contributed by atoms with van der Waals surface area (Å²) in [4.78, 5) is 10.0. The average Bonchev–Trinajstić information content (AvgIpc) is 2.34. The molecule has 5 nitrogen and oxygen atoms in total. The van der Waals surface area contributed by atoms with Crippen molar-refractivity contribution in [2.45, 2.75) is 6.61 Å². The molecule has 0 aliphatic rings. The second kappa shape index (κ2) is 7.21. The van der Waals surface area contributed by atoms with Gasteiger partial charge in [0.05, 0.1) is 11.5 Å². The molecular weight excluding hydrogens is 260 g/mol. The minimum atomic E-state index is -0.433. The fourth-order valence-corrected chi connectivity index (χ4v) is 1.56. The highest BCUT2D eigenvalue weighted by molar-refractivity contribution is 7.96. The van der Waals surface area contributed by atoms with E-state index >= 15 is 0 Å². The molecule has 1 rings (SSSR count). The summed E-state index contributed by atoms with van der Waals surface area (Å²) >= 11 is 6.44. The molecule has 1 aromatic rings. The van der Waals surface area contributed by atoms with E-state index < -0.39 is 4.92 Å². The van der Waals surface area contributed by atoms with Crippen LogP contribution < -0.4 is 4.72 Å². The van der Waals surface area contributed by atoms with Crippen molar-refractivity contribution in [3.05, 3.63) is 39.9 Å². The molecule has 0 aliphatic carbocycles. The molecule has 0 atom stereocenters. The minimum absolute atomic E-state index is 0.0698. The Bertz CT molecular complexity index is 395. The van der Waals surface area contributed by atoms with Gasteiger partial charge in [0.2, 0.25) is 0 Å². The highest BCUT2D eigenvalue weighted by Crippen LogP contribution is 2.12. The van der Waals surface area contributed by atoms with Gasteiger partial charge in [-0.15, -0.1) is 0 Å². The Hall–Kier alpha value is -1.18. The van der Waals surface area contributed by atoms with Crippen molar-refractivity contribution in [3.8, 4) is 0 Å². The van der Waals surface area contributed by atoms with Crippen LogP contribution in [0.1, 0.15) is 5.56 Å². The van der Waals surface area contributed by atoms with E-state index in [0.717, 1.165) is 5.56 Å². The van der Waals surface area contributed by atoms with Crippen molar-refractivity contribution >= 4 is 34.9 Å². The van der Waals surface area contributed by atoms with Gasteiger partial charge in [-0.25, -0.2) is 0 Å². The number of hydrogen-bond donors (Lipinski definition) is 1. The zero-order chi connectivity index (χ0) is 12.7. The van der Waals surface area contributed by atoms with Crippen LogP contribution in [0, 0.1) is 10.1 Å². The van der Waals surface area contributed by atoms with E-state index in [9.17, 15) is 10.1 Å². The molecule has 0 heterocycles. The van der Waals surface area contributed by atoms with Gasteiger partial charge in [0, 0.05) is 12.1 Å². The van der Waals surface area contributed by atoms with Gasteiger partial charge in [0.15, 0.2) is 5.05 Å². The standard InChI is InChI=1S/C10H12N2O3S2/c1-17-11-6-10(16)15-7-8-2-4-9(5-3-8)12(13)14/h2-5,11H,6-7H2,1H3. The van der Waals surface area contributed by atoms with E-state index in [1.807, 2.05) is 6.26 Å². The first-order valence-corrected chi connectivity index (χ1v) is 6.41. The first-order chi connectivity index (χ1) is 8.13. The lowest BCUT2D eigenvalue weighted by atomic mass is 10.2. The molecular formula is C10H12N2O3S2. The molecule has 0 spiro atoms. The van der Waals surface area contributed by atoms with Gasteiger partial charge in [0.25, 0.3) is 5.69 Å². The lowest BCUT2D eigenvalue weighted by molar-refractivity contribution is -0.384. The zero-order valence-electron chi connectivity index (χ0n) is 9.21. The molecule has 0 amide bonds. The minimum Gasteiger partial charge on any atom is -0.481 e. The molecule has 0 bridgehead atoms. The van der Waals surface area contributed by atoms with Crippen molar-refractivity contribution in [2.75, 3.05) is 12.8 Å². The Morgan fingerprint density at radius 2 is 2.18 bits per heavy atom.